The molecule has 18 atom stereocenters. The second-order valence-corrected chi connectivity index (χ2v) is 19.8. The van der Waals surface area contributed by atoms with E-state index in [9.17, 15) is 24.6 Å². The lowest BCUT2D eigenvalue weighted by atomic mass is 9.73. The number of methoxy groups -OCH3 is 2. The molecule has 4 heterocycles. The van der Waals surface area contributed by atoms with Crippen LogP contribution in [0.15, 0.2) is 4.99 Å². The van der Waals surface area contributed by atoms with Crippen molar-refractivity contribution in [2.45, 2.75) is 205 Å². The first-order valence-electron chi connectivity index (χ1n) is 22.2. The van der Waals surface area contributed by atoms with E-state index in [4.69, 9.17) is 37.9 Å². The molecule has 0 aliphatic carbocycles. The van der Waals surface area contributed by atoms with Crippen molar-refractivity contribution < 1.29 is 62.5 Å². The second-order valence-electron chi connectivity index (χ2n) is 19.8. The zero-order chi connectivity index (χ0) is 46.2. The van der Waals surface area contributed by atoms with Crippen LogP contribution in [0.1, 0.15) is 116 Å². The Labute approximate surface area is 364 Å². The summed E-state index contributed by atoms with van der Waals surface area (Å²) in [5.74, 6) is -3.93. The minimum atomic E-state index is -1.43. The number of esters is 1. The van der Waals surface area contributed by atoms with Crippen LogP contribution in [0.25, 0.3) is 0 Å². The largest absolute Gasteiger partial charge is 0.458 e. The first kappa shape index (κ1) is 51.4. The highest BCUT2D eigenvalue weighted by Crippen LogP contribution is 2.45. The summed E-state index contributed by atoms with van der Waals surface area (Å²) < 4.78 is 51.4. The summed E-state index contributed by atoms with van der Waals surface area (Å²) in [6.07, 6.45) is -5.80. The van der Waals surface area contributed by atoms with E-state index >= 15 is 0 Å². The fourth-order valence-electron chi connectivity index (χ4n) is 10.6. The Morgan fingerprint density at radius 2 is 1.56 bits per heavy atom. The Hall–Kier alpha value is -2.28. The van der Waals surface area contributed by atoms with Gasteiger partial charge in [0, 0.05) is 51.0 Å². The summed E-state index contributed by atoms with van der Waals surface area (Å²) in [6.45, 7) is 23.9. The fourth-order valence-corrected chi connectivity index (χ4v) is 10.6. The minimum Gasteiger partial charge on any atom is -0.458 e. The van der Waals surface area contributed by atoms with Crippen LogP contribution in [0, 0.1) is 23.7 Å². The molecule has 0 saturated carbocycles. The maximum Gasteiger partial charge on any atom is 0.411 e. The van der Waals surface area contributed by atoms with Crippen molar-refractivity contribution >= 4 is 24.1 Å². The monoisotopic (exact) mass is 870 g/mol. The lowest BCUT2D eigenvalue weighted by Gasteiger charge is -2.50. The molecule has 0 radical (unpaired) electrons. The lowest BCUT2D eigenvalue weighted by Crippen LogP contribution is -2.62. The molecule has 4 rings (SSSR count). The van der Waals surface area contributed by atoms with Gasteiger partial charge in [0.2, 0.25) is 0 Å². The molecule has 4 fully saturated rings. The van der Waals surface area contributed by atoms with E-state index in [1.807, 2.05) is 74.4 Å². The number of ether oxygens (including phenoxy) is 8. The minimum absolute atomic E-state index is 0.129. The van der Waals surface area contributed by atoms with Gasteiger partial charge in [0.1, 0.15) is 24.1 Å². The van der Waals surface area contributed by atoms with Crippen LogP contribution in [0.4, 0.5) is 4.79 Å². The fraction of sp³-hybridized carbons (Fsp3) is 0.911. The maximum atomic E-state index is 15.0. The molecule has 2 N–H and O–H groups in total. The number of hydrogen-bond acceptors (Lipinski definition) is 15. The van der Waals surface area contributed by atoms with Gasteiger partial charge in [-0.3, -0.25) is 19.5 Å². The van der Waals surface area contributed by atoms with Gasteiger partial charge in [-0.15, -0.1) is 0 Å². The standard InChI is InChI=1S/C45H79N3O13/c1-18-31-45(13)36(48(41(53)61-45)23-42(9,10)46-19-2)26(5)33(49)24(3)21-44(12,55-17)38(60-40-34(50)30(47(14)15)20-25(4)56-40)27(6)35(28(7)39(52)58-31)59-32-22-43(11,54-16)37(51)29(8)57-32/h19,24-32,34-38,40,50-51H,18,20-23H2,1-17H3. The van der Waals surface area contributed by atoms with E-state index in [0.29, 0.717) is 6.42 Å². The van der Waals surface area contributed by atoms with Crippen molar-refractivity contribution in [3.63, 3.8) is 0 Å². The van der Waals surface area contributed by atoms with E-state index in [0.717, 1.165) is 0 Å². The summed E-state index contributed by atoms with van der Waals surface area (Å²) in [5, 5.41) is 22.8. The van der Waals surface area contributed by atoms with Crippen molar-refractivity contribution in [2.24, 2.45) is 28.7 Å². The number of rotatable bonds is 11. The third-order valence-electron chi connectivity index (χ3n) is 14.2. The van der Waals surface area contributed by atoms with Gasteiger partial charge in [0.05, 0.1) is 53.1 Å². The zero-order valence-electron chi connectivity index (χ0n) is 40.0. The number of aliphatic imine (C=N–C) groups is 1. The first-order chi connectivity index (χ1) is 28.2. The van der Waals surface area contributed by atoms with Gasteiger partial charge in [-0.1, -0.05) is 27.7 Å². The molecule has 0 aromatic rings. The number of aliphatic hydroxyl groups is 2. The van der Waals surface area contributed by atoms with E-state index in [1.54, 1.807) is 52.8 Å². The van der Waals surface area contributed by atoms with Crippen LogP contribution >= 0.6 is 0 Å². The van der Waals surface area contributed by atoms with Gasteiger partial charge in [0.25, 0.3) is 0 Å². The normalized spacial score (nSPS) is 44.8. The summed E-state index contributed by atoms with van der Waals surface area (Å²) >= 11 is 0. The van der Waals surface area contributed by atoms with E-state index < -0.39 is 113 Å². The average molecular weight is 870 g/mol. The highest BCUT2D eigenvalue weighted by molar-refractivity contribution is 5.85. The van der Waals surface area contributed by atoms with Gasteiger partial charge >= 0.3 is 12.1 Å². The van der Waals surface area contributed by atoms with Crippen LogP contribution in [0.5, 0.6) is 0 Å². The Morgan fingerprint density at radius 1 is 0.934 bits per heavy atom. The van der Waals surface area contributed by atoms with Crippen molar-refractivity contribution in [2.75, 3.05) is 34.9 Å². The Bertz CT molecular complexity index is 1550. The average Bonchev–Trinajstić information content (AvgIpc) is 3.43. The molecule has 1 amide bonds. The predicted molar refractivity (Wildman–Crippen MR) is 228 cm³/mol. The maximum absolute atomic E-state index is 15.0. The summed E-state index contributed by atoms with van der Waals surface area (Å²) in [6, 6.07) is -1.13. The van der Waals surface area contributed by atoms with Crippen LogP contribution in [-0.2, 0) is 47.5 Å². The van der Waals surface area contributed by atoms with Crippen LogP contribution in [0.2, 0.25) is 0 Å². The smallest absolute Gasteiger partial charge is 0.411 e. The molecule has 4 saturated heterocycles. The third-order valence-corrected chi connectivity index (χ3v) is 14.2. The van der Waals surface area contributed by atoms with Crippen LogP contribution in [-0.4, -0.2) is 169 Å². The first-order valence-corrected chi connectivity index (χ1v) is 22.2. The number of ketones is 1. The Balaban J connectivity index is 1.92. The van der Waals surface area contributed by atoms with Crippen molar-refractivity contribution in [3.8, 4) is 0 Å². The molecule has 16 nitrogen and oxygen atoms in total. The molecule has 0 bridgehead atoms. The number of Topliss-reactive ketones (excluding diaryl/α,β-unsaturated/α-hetero) is 1. The van der Waals surface area contributed by atoms with Crippen LogP contribution < -0.4 is 0 Å². The molecule has 61 heavy (non-hydrogen) atoms. The molecule has 0 spiro atoms. The number of likely N-dealkylation sites (N-methyl/N-ethyl adjacent to an activating group) is 1. The quantitative estimate of drug-likeness (QED) is 0.214. The number of carbonyl (C=O) groups excluding carboxylic acids is 3. The molecule has 0 aromatic heterocycles. The lowest BCUT2D eigenvalue weighted by molar-refractivity contribution is -0.319. The molecule has 4 aliphatic rings. The van der Waals surface area contributed by atoms with Crippen molar-refractivity contribution in [1.82, 2.24) is 9.80 Å². The SMILES string of the molecule is CC=NC(C)(C)CN1C(=O)OC2(C)C(CC)OC(=O)C(C)C(OC3CC(C)(OC)C(O)C(C)O3)C(C)C(OC3OC(C)CC(N(C)C)C3O)C(C)(OC)CC(C)C(=O)C(C)C12. The summed E-state index contributed by atoms with van der Waals surface area (Å²) in [5.41, 5.74) is -4.45. The van der Waals surface area contributed by atoms with E-state index in [2.05, 4.69) is 4.99 Å². The predicted octanol–water partition coefficient (Wildman–Crippen LogP) is 4.78. The highest BCUT2D eigenvalue weighted by Gasteiger charge is 2.61. The molecular weight excluding hydrogens is 791 g/mol. The van der Waals surface area contributed by atoms with Gasteiger partial charge in [-0.25, -0.2) is 4.79 Å². The number of cyclic esters (lactones) is 1. The molecular formula is C45H79N3O13. The number of nitrogens with zero attached hydrogens (tertiary/aromatic N) is 3. The number of aliphatic hydroxyl groups excluding tert-OH is 2. The highest BCUT2D eigenvalue weighted by atomic mass is 16.7. The van der Waals surface area contributed by atoms with Gasteiger partial charge in [0.15, 0.2) is 18.2 Å². The summed E-state index contributed by atoms with van der Waals surface area (Å²) in [7, 11) is 6.85. The molecule has 4 aliphatic heterocycles. The topological polar surface area (TPSA) is 184 Å². The van der Waals surface area contributed by atoms with Crippen molar-refractivity contribution in [1.29, 1.82) is 0 Å². The van der Waals surface area contributed by atoms with Crippen molar-refractivity contribution in [3.05, 3.63) is 0 Å². The van der Waals surface area contributed by atoms with Gasteiger partial charge in [-0.2, -0.15) is 0 Å². The molecule has 18 unspecified atom stereocenters. The van der Waals surface area contributed by atoms with Gasteiger partial charge < -0.3 is 53.0 Å². The van der Waals surface area contributed by atoms with E-state index in [-0.39, 0.29) is 43.7 Å². The Kier molecular flexibility index (Phi) is 16.7. The second kappa shape index (κ2) is 19.9. The Morgan fingerprint density at radius 3 is 2.11 bits per heavy atom. The third kappa shape index (κ3) is 10.6. The van der Waals surface area contributed by atoms with E-state index in [1.165, 1.54) is 7.11 Å². The van der Waals surface area contributed by atoms with Crippen LogP contribution in [0.3, 0.4) is 0 Å². The molecule has 16 heteroatoms. The number of hydrogen-bond donors (Lipinski definition) is 2. The zero-order valence-corrected chi connectivity index (χ0v) is 40.0. The number of fused-ring (bicyclic) bond motifs is 1. The molecule has 352 valence electrons. The number of amides is 1. The van der Waals surface area contributed by atoms with Gasteiger partial charge in [-0.05, 0) is 102 Å². The summed E-state index contributed by atoms with van der Waals surface area (Å²) in [4.78, 5) is 51.9. The number of carbonyl (C=O) groups is 3. The molecule has 0 aromatic carbocycles.